The monoisotopic (exact) mass is 484 g/mol. The summed E-state index contributed by atoms with van der Waals surface area (Å²) in [7, 11) is 2.00. The molecule has 0 fully saturated rings. The number of nitrogens with zero attached hydrogens (tertiary/aromatic N) is 1. The van der Waals surface area contributed by atoms with Crippen LogP contribution in [0, 0.1) is 13.8 Å². The molecule has 2 aromatic rings. The predicted octanol–water partition coefficient (Wildman–Crippen LogP) is 5.36. The molecule has 3 aliphatic rings. The van der Waals surface area contributed by atoms with Crippen LogP contribution in [0.25, 0.3) is 0 Å². The van der Waals surface area contributed by atoms with Gasteiger partial charge in [0.2, 0.25) is 0 Å². The molecule has 1 heterocycles. The summed E-state index contributed by atoms with van der Waals surface area (Å²) in [5.41, 5.74) is 7.62. The molecule has 2 aromatic carbocycles. The van der Waals surface area contributed by atoms with Crippen LogP contribution in [0.3, 0.4) is 0 Å². The molecule has 0 unspecified atom stereocenters. The third-order valence-electron chi connectivity index (χ3n) is 7.62. The molecule has 6 nitrogen and oxygen atoms in total. The quantitative estimate of drug-likeness (QED) is 0.618. The van der Waals surface area contributed by atoms with Crippen molar-refractivity contribution in [1.29, 1.82) is 0 Å². The first-order valence-corrected chi connectivity index (χ1v) is 12.7. The van der Waals surface area contributed by atoms with Gasteiger partial charge in [0.05, 0.1) is 0 Å². The Morgan fingerprint density at radius 2 is 1.50 bits per heavy atom. The zero-order valence-corrected chi connectivity index (χ0v) is 21.1. The fourth-order valence-corrected chi connectivity index (χ4v) is 5.61. The van der Waals surface area contributed by atoms with Crippen LogP contribution in [0.2, 0.25) is 0 Å². The molecule has 0 saturated carbocycles. The minimum Gasteiger partial charge on any atom is -0.484 e. The summed E-state index contributed by atoms with van der Waals surface area (Å²) < 4.78 is 5.73. The van der Waals surface area contributed by atoms with Crippen molar-refractivity contribution < 1.29 is 19.1 Å². The lowest BCUT2D eigenvalue weighted by Gasteiger charge is -2.42. The van der Waals surface area contributed by atoms with E-state index in [9.17, 15) is 14.4 Å². The maximum absolute atomic E-state index is 13.1. The Bertz CT molecular complexity index is 1260. The van der Waals surface area contributed by atoms with E-state index in [1.54, 1.807) is 0 Å². The van der Waals surface area contributed by atoms with E-state index in [0.29, 0.717) is 18.6 Å². The number of aryl methyl sites for hydroxylation is 2. The third-order valence-corrected chi connectivity index (χ3v) is 7.62. The molecule has 0 atom stereocenters. The summed E-state index contributed by atoms with van der Waals surface area (Å²) in [6.45, 7) is 3.93. The van der Waals surface area contributed by atoms with Gasteiger partial charge in [-0.1, -0.05) is 18.2 Å². The lowest BCUT2D eigenvalue weighted by Crippen LogP contribution is -2.37. The fraction of sp³-hybridized carbons (Fsp3) is 0.367. The van der Waals surface area contributed by atoms with E-state index in [2.05, 4.69) is 10.2 Å². The number of hydrogen-bond acceptors (Lipinski definition) is 5. The van der Waals surface area contributed by atoms with Crippen LogP contribution in [0.4, 0.5) is 5.69 Å². The van der Waals surface area contributed by atoms with Gasteiger partial charge in [-0.2, -0.15) is 0 Å². The third kappa shape index (κ3) is 4.48. The molecule has 1 N–H and O–H groups in total. The Morgan fingerprint density at radius 3 is 2.08 bits per heavy atom. The molecule has 5 rings (SSSR count). The highest BCUT2D eigenvalue weighted by atomic mass is 16.5. The summed E-state index contributed by atoms with van der Waals surface area (Å²) in [5, 5.41) is 2.86. The van der Waals surface area contributed by atoms with Gasteiger partial charge >= 0.3 is 0 Å². The highest BCUT2D eigenvalue weighted by molar-refractivity contribution is 6.06. The number of ketones is 2. The average molecular weight is 485 g/mol. The molecule has 0 bridgehead atoms. The minimum absolute atomic E-state index is 0.109. The van der Waals surface area contributed by atoms with Crippen LogP contribution in [0.1, 0.15) is 61.1 Å². The van der Waals surface area contributed by atoms with Gasteiger partial charge in [-0.05, 0) is 80.5 Å². The maximum atomic E-state index is 13.1. The van der Waals surface area contributed by atoms with Crippen LogP contribution in [0.15, 0.2) is 65.0 Å². The minimum atomic E-state index is -0.325. The Balaban J connectivity index is 1.35. The van der Waals surface area contributed by atoms with Crippen LogP contribution in [-0.2, 0) is 14.4 Å². The van der Waals surface area contributed by atoms with Gasteiger partial charge in [0, 0.05) is 54.0 Å². The van der Waals surface area contributed by atoms with Gasteiger partial charge in [0.1, 0.15) is 5.75 Å². The van der Waals surface area contributed by atoms with E-state index < -0.39 is 0 Å². The number of Topliss-reactive ketones (excluding diaryl/α,β-unsaturated/α-hetero) is 2. The molecule has 186 valence electrons. The normalized spacial score (nSPS) is 18.2. The van der Waals surface area contributed by atoms with E-state index in [1.165, 1.54) is 5.56 Å². The number of hydrogen-bond donors (Lipinski definition) is 1. The van der Waals surface area contributed by atoms with Gasteiger partial charge < -0.3 is 15.0 Å². The first kappa shape index (κ1) is 24.0. The Kier molecular flexibility index (Phi) is 6.52. The summed E-state index contributed by atoms with van der Waals surface area (Å²) in [6.07, 6.45) is 4.46. The molecule has 0 saturated heterocycles. The summed E-state index contributed by atoms with van der Waals surface area (Å²) >= 11 is 0. The van der Waals surface area contributed by atoms with Gasteiger partial charge in [-0.25, -0.2) is 0 Å². The number of amides is 1. The molecule has 2 aliphatic carbocycles. The topological polar surface area (TPSA) is 75.7 Å². The number of carbonyl (C=O) groups is 3. The molecular formula is C30H32N2O4. The van der Waals surface area contributed by atoms with Gasteiger partial charge in [-0.15, -0.1) is 0 Å². The first-order chi connectivity index (χ1) is 17.3. The highest BCUT2D eigenvalue weighted by Crippen LogP contribution is 2.48. The van der Waals surface area contributed by atoms with Crippen molar-refractivity contribution in [2.45, 2.75) is 58.3 Å². The maximum Gasteiger partial charge on any atom is 0.262 e. The SMILES string of the molecule is Cc1ccc(NC(=O)COc2ccc(C3C4=C(CCCC4=O)N(C)C4=C3C(=O)CCC4)cc2)cc1C. The highest BCUT2D eigenvalue weighted by Gasteiger charge is 2.42. The standard InChI is InChI=1S/C30H32N2O4/c1-18-10-13-21(16-19(18)2)31-27(35)17-36-22-14-11-20(12-15-22)28-29-23(6-4-8-25(29)33)32(3)24-7-5-9-26(34)30(24)28/h10-16,28H,4-9,17H2,1-3H3,(H,31,35). The van der Waals surface area contributed by atoms with Gasteiger partial charge in [-0.3, -0.25) is 14.4 Å². The number of carbonyl (C=O) groups excluding carboxylic acids is 3. The van der Waals surface area contributed by atoms with E-state index in [4.69, 9.17) is 4.74 Å². The Morgan fingerprint density at radius 1 is 0.889 bits per heavy atom. The summed E-state index contributed by atoms with van der Waals surface area (Å²) in [4.78, 5) is 40.7. The lowest BCUT2D eigenvalue weighted by molar-refractivity contribution is -0.118. The number of rotatable bonds is 5. The van der Waals surface area contributed by atoms with E-state index in [1.807, 2.05) is 63.4 Å². The number of allylic oxidation sites excluding steroid dienone is 4. The van der Waals surface area contributed by atoms with Crippen molar-refractivity contribution in [3.05, 3.63) is 81.7 Å². The molecule has 36 heavy (non-hydrogen) atoms. The van der Waals surface area contributed by atoms with Crippen LogP contribution in [-0.4, -0.2) is 36.0 Å². The Labute approximate surface area is 212 Å². The van der Waals surface area contributed by atoms with Gasteiger partial charge in [0.15, 0.2) is 18.2 Å². The number of benzene rings is 2. The molecule has 6 heteroatoms. The zero-order valence-electron chi connectivity index (χ0n) is 21.1. The number of ether oxygens (including phenoxy) is 1. The van der Waals surface area contributed by atoms with Crippen molar-refractivity contribution in [2.75, 3.05) is 19.0 Å². The lowest BCUT2D eigenvalue weighted by atomic mass is 9.71. The molecular weight excluding hydrogens is 452 g/mol. The van der Waals surface area contributed by atoms with E-state index in [-0.39, 0.29) is 30.0 Å². The predicted molar refractivity (Wildman–Crippen MR) is 139 cm³/mol. The zero-order chi connectivity index (χ0) is 25.4. The molecule has 0 aromatic heterocycles. The molecule has 1 aliphatic heterocycles. The first-order valence-electron chi connectivity index (χ1n) is 12.7. The largest absolute Gasteiger partial charge is 0.484 e. The van der Waals surface area contributed by atoms with Crippen LogP contribution >= 0.6 is 0 Å². The van der Waals surface area contributed by atoms with Crippen molar-refractivity contribution in [1.82, 2.24) is 4.90 Å². The Hall–Kier alpha value is -3.67. The fourth-order valence-electron chi connectivity index (χ4n) is 5.61. The second kappa shape index (κ2) is 9.76. The molecule has 0 spiro atoms. The van der Waals surface area contributed by atoms with Gasteiger partial charge in [0.25, 0.3) is 5.91 Å². The van der Waals surface area contributed by atoms with Crippen molar-refractivity contribution >= 4 is 23.2 Å². The second-order valence-corrected chi connectivity index (χ2v) is 9.97. The molecule has 0 radical (unpaired) electrons. The average Bonchev–Trinajstić information content (AvgIpc) is 2.87. The summed E-state index contributed by atoms with van der Waals surface area (Å²) in [5.74, 6) is 0.287. The van der Waals surface area contributed by atoms with E-state index >= 15 is 0 Å². The summed E-state index contributed by atoms with van der Waals surface area (Å²) in [6, 6.07) is 13.3. The van der Waals surface area contributed by atoms with Crippen LogP contribution in [0.5, 0.6) is 5.75 Å². The molecule has 1 amide bonds. The second-order valence-electron chi connectivity index (χ2n) is 9.97. The van der Waals surface area contributed by atoms with Crippen LogP contribution < -0.4 is 10.1 Å². The van der Waals surface area contributed by atoms with Crippen molar-refractivity contribution in [3.8, 4) is 5.75 Å². The van der Waals surface area contributed by atoms with Crippen molar-refractivity contribution in [2.24, 2.45) is 0 Å². The smallest absolute Gasteiger partial charge is 0.262 e. The number of anilines is 1. The van der Waals surface area contributed by atoms with E-state index in [0.717, 1.165) is 65.0 Å². The number of nitrogens with one attached hydrogen (secondary N) is 1. The van der Waals surface area contributed by atoms with Crippen molar-refractivity contribution in [3.63, 3.8) is 0 Å².